The van der Waals surface area contributed by atoms with Gasteiger partial charge in [0.15, 0.2) is 0 Å². The molecule has 3 aromatic carbocycles. The fourth-order valence-electron chi connectivity index (χ4n) is 2.76. The zero-order valence-electron chi connectivity index (χ0n) is 12.4. The van der Waals surface area contributed by atoms with E-state index in [1.54, 1.807) is 0 Å². The van der Waals surface area contributed by atoms with Crippen molar-refractivity contribution < 1.29 is 0 Å². The molecule has 4 aromatic rings. The number of fused-ring (bicyclic) bond motifs is 2. The number of nitrogens with zero attached hydrogens (tertiary/aromatic N) is 1. The predicted octanol–water partition coefficient (Wildman–Crippen LogP) is 5.44. The predicted molar refractivity (Wildman–Crippen MR) is 93.7 cm³/mol. The molecule has 1 aromatic heterocycles. The number of aryl methyl sites for hydroxylation is 1. The van der Waals surface area contributed by atoms with Crippen LogP contribution in [0.5, 0.6) is 0 Å². The SMILES string of the molecule is Cc1ccc(Nc2c3ccccc3nc3ccccc23)cc1. The first-order valence-corrected chi connectivity index (χ1v) is 7.42. The van der Waals surface area contributed by atoms with Gasteiger partial charge in [-0.1, -0.05) is 54.1 Å². The third-order valence-corrected chi connectivity index (χ3v) is 3.91. The Morgan fingerprint density at radius 2 is 1.23 bits per heavy atom. The van der Waals surface area contributed by atoms with Gasteiger partial charge < -0.3 is 5.32 Å². The Bertz CT molecular complexity index is 902. The summed E-state index contributed by atoms with van der Waals surface area (Å²) in [6, 6.07) is 25.0. The average Bonchev–Trinajstić information content (AvgIpc) is 2.56. The van der Waals surface area contributed by atoms with E-state index in [1.807, 2.05) is 12.1 Å². The minimum atomic E-state index is 1.01. The number of anilines is 2. The Kier molecular flexibility index (Phi) is 3.01. The molecule has 2 heteroatoms. The molecular formula is C20H16N2. The summed E-state index contributed by atoms with van der Waals surface area (Å²) >= 11 is 0. The molecule has 0 saturated heterocycles. The molecule has 0 bridgehead atoms. The molecule has 1 heterocycles. The molecule has 0 aliphatic carbocycles. The molecule has 0 aliphatic heterocycles. The first-order valence-electron chi connectivity index (χ1n) is 7.42. The van der Waals surface area contributed by atoms with Crippen molar-refractivity contribution in [1.82, 2.24) is 4.98 Å². The summed E-state index contributed by atoms with van der Waals surface area (Å²) in [5.41, 5.74) is 5.48. The second-order valence-electron chi connectivity index (χ2n) is 5.51. The van der Waals surface area contributed by atoms with Gasteiger partial charge in [-0.25, -0.2) is 4.98 Å². The van der Waals surface area contributed by atoms with E-state index in [4.69, 9.17) is 4.98 Å². The van der Waals surface area contributed by atoms with Gasteiger partial charge in [-0.15, -0.1) is 0 Å². The summed E-state index contributed by atoms with van der Waals surface area (Å²) in [6.45, 7) is 2.10. The summed E-state index contributed by atoms with van der Waals surface area (Å²) in [7, 11) is 0. The van der Waals surface area contributed by atoms with E-state index in [0.717, 1.165) is 33.2 Å². The van der Waals surface area contributed by atoms with Crippen LogP contribution in [0.25, 0.3) is 21.8 Å². The summed E-state index contributed by atoms with van der Waals surface area (Å²) < 4.78 is 0. The van der Waals surface area contributed by atoms with Crippen LogP contribution < -0.4 is 5.32 Å². The molecule has 0 unspecified atom stereocenters. The quantitative estimate of drug-likeness (QED) is 0.496. The molecule has 1 N–H and O–H groups in total. The molecular weight excluding hydrogens is 268 g/mol. The van der Waals surface area contributed by atoms with Crippen molar-refractivity contribution in [3.63, 3.8) is 0 Å². The Hall–Kier alpha value is -2.87. The van der Waals surface area contributed by atoms with Crippen LogP contribution in [0.4, 0.5) is 11.4 Å². The van der Waals surface area contributed by atoms with E-state index < -0.39 is 0 Å². The van der Waals surface area contributed by atoms with Gasteiger partial charge in [0.2, 0.25) is 0 Å². The smallest absolute Gasteiger partial charge is 0.0730 e. The molecule has 0 fully saturated rings. The highest BCUT2D eigenvalue weighted by Gasteiger charge is 2.08. The van der Waals surface area contributed by atoms with Crippen LogP contribution in [0, 0.1) is 6.92 Å². The van der Waals surface area contributed by atoms with Gasteiger partial charge in [-0.05, 0) is 31.2 Å². The number of rotatable bonds is 2. The van der Waals surface area contributed by atoms with Gasteiger partial charge in [0.25, 0.3) is 0 Å². The number of pyridine rings is 1. The molecule has 22 heavy (non-hydrogen) atoms. The maximum Gasteiger partial charge on any atom is 0.0730 e. The molecule has 4 rings (SSSR count). The third-order valence-electron chi connectivity index (χ3n) is 3.91. The molecule has 0 atom stereocenters. The zero-order chi connectivity index (χ0) is 14.9. The van der Waals surface area contributed by atoms with Gasteiger partial charge in [-0.2, -0.15) is 0 Å². The highest BCUT2D eigenvalue weighted by atomic mass is 14.9. The van der Waals surface area contributed by atoms with E-state index in [-0.39, 0.29) is 0 Å². The van der Waals surface area contributed by atoms with E-state index >= 15 is 0 Å². The number of hydrogen-bond acceptors (Lipinski definition) is 2. The van der Waals surface area contributed by atoms with Crippen molar-refractivity contribution in [3.8, 4) is 0 Å². The van der Waals surface area contributed by atoms with Gasteiger partial charge in [0.05, 0.1) is 16.7 Å². The van der Waals surface area contributed by atoms with Crippen LogP contribution in [0.15, 0.2) is 72.8 Å². The van der Waals surface area contributed by atoms with Crippen molar-refractivity contribution in [2.75, 3.05) is 5.32 Å². The molecule has 0 radical (unpaired) electrons. The molecule has 0 amide bonds. The van der Waals surface area contributed by atoms with Crippen LogP contribution in [0.2, 0.25) is 0 Å². The second-order valence-corrected chi connectivity index (χ2v) is 5.51. The highest BCUT2D eigenvalue weighted by molar-refractivity contribution is 6.08. The Labute approximate surface area is 129 Å². The van der Waals surface area contributed by atoms with E-state index in [0.29, 0.717) is 0 Å². The van der Waals surface area contributed by atoms with Crippen LogP contribution in [-0.2, 0) is 0 Å². The van der Waals surface area contributed by atoms with Crippen molar-refractivity contribution in [2.45, 2.75) is 6.92 Å². The van der Waals surface area contributed by atoms with Crippen molar-refractivity contribution in [2.24, 2.45) is 0 Å². The number of aromatic nitrogens is 1. The first kappa shape index (κ1) is 12.8. The van der Waals surface area contributed by atoms with Crippen molar-refractivity contribution in [1.29, 1.82) is 0 Å². The number of para-hydroxylation sites is 2. The summed E-state index contributed by atoms with van der Waals surface area (Å²) in [5, 5.41) is 5.86. The largest absolute Gasteiger partial charge is 0.354 e. The minimum Gasteiger partial charge on any atom is -0.354 e. The topological polar surface area (TPSA) is 24.9 Å². The van der Waals surface area contributed by atoms with Crippen LogP contribution in [0.3, 0.4) is 0 Å². The molecule has 106 valence electrons. The average molecular weight is 284 g/mol. The number of benzene rings is 3. The first-order chi connectivity index (χ1) is 10.8. The van der Waals surface area contributed by atoms with E-state index in [9.17, 15) is 0 Å². The highest BCUT2D eigenvalue weighted by Crippen LogP contribution is 2.32. The van der Waals surface area contributed by atoms with Gasteiger partial charge >= 0.3 is 0 Å². The lowest BCUT2D eigenvalue weighted by Gasteiger charge is -2.13. The van der Waals surface area contributed by atoms with Gasteiger partial charge in [0.1, 0.15) is 0 Å². The third kappa shape index (κ3) is 2.19. The molecule has 2 nitrogen and oxygen atoms in total. The number of nitrogens with one attached hydrogen (secondary N) is 1. The second kappa shape index (κ2) is 5.15. The molecule has 0 spiro atoms. The number of hydrogen-bond donors (Lipinski definition) is 1. The molecule has 0 saturated carbocycles. The zero-order valence-corrected chi connectivity index (χ0v) is 12.4. The Morgan fingerprint density at radius 3 is 1.82 bits per heavy atom. The summed E-state index contributed by atoms with van der Waals surface area (Å²) in [6.07, 6.45) is 0. The van der Waals surface area contributed by atoms with Gasteiger partial charge in [0, 0.05) is 16.5 Å². The fourth-order valence-corrected chi connectivity index (χ4v) is 2.76. The molecule has 0 aliphatic rings. The Morgan fingerprint density at radius 1 is 0.682 bits per heavy atom. The maximum absolute atomic E-state index is 4.75. The van der Waals surface area contributed by atoms with Gasteiger partial charge in [-0.3, -0.25) is 0 Å². The van der Waals surface area contributed by atoms with E-state index in [1.165, 1.54) is 5.56 Å². The maximum atomic E-state index is 4.75. The lowest BCUT2D eigenvalue weighted by Crippen LogP contribution is -1.95. The summed E-state index contributed by atoms with van der Waals surface area (Å²) in [5.74, 6) is 0. The normalized spacial score (nSPS) is 11.0. The lowest BCUT2D eigenvalue weighted by molar-refractivity contribution is 1.45. The van der Waals surface area contributed by atoms with Crippen LogP contribution >= 0.6 is 0 Å². The van der Waals surface area contributed by atoms with E-state index in [2.05, 4.69) is 72.9 Å². The minimum absolute atomic E-state index is 1.01. The van der Waals surface area contributed by atoms with Crippen molar-refractivity contribution >= 4 is 33.2 Å². The lowest BCUT2D eigenvalue weighted by atomic mass is 10.1. The fraction of sp³-hybridized carbons (Fsp3) is 0.0500. The van der Waals surface area contributed by atoms with Crippen molar-refractivity contribution in [3.05, 3.63) is 78.4 Å². The standard InChI is InChI=1S/C20H16N2/c1-14-10-12-15(13-11-14)21-20-16-6-2-4-8-18(16)22-19-9-5-3-7-17(19)20/h2-13H,1H3,(H,21,22). The summed E-state index contributed by atoms with van der Waals surface area (Å²) in [4.78, 5) is 4.75. The van der Waals surface area contributed by atoms with Crippen LogP contribution in [-0.4, -0.2) is 4.98 Å². The Balaban J connectivity index is 1.97. The monoisotopic (exact) mass is 284 g/mol. The van der Waals surface area contributed by atoms with Crippen LogP contribution in [0.1, 0.15) is 5.56 Å².